The lowest BCUT2D eigenvalue weighted by molar-refractivity contribution is 0.402. The Balaban J connectivity index is 1.96. The molecular formula is C13H18N4. The highest BCUT2D eigenvalue weighted by atomic mass is 15.0. The molecule has 90 valence electrons. The highest BCUT2D eigenvalue weighted by Crippen LogP contribution is 2.12. The number of rotatable bonds is 5. The molecule has 0 saturated heterocycles. The van der Waals surface area contributed by atoms with Gasteiger partial charge in [-0.1, -0.05) is 12.1 Å². The van der Waals surface area contributed by atoms with Gasteiger partial charge in [0.1, 0.15) is 5.82 Å². The minimum absolute atomic E-state index is 0.721. The van der Waals surface area contributed by atoms with E-state index >= 15 is 0 Å². The second-order valence-corrected chi connectivity index (χ2v) is 4.33. The molecule has 1 aromatic carbocycles. The minimum atomic E-state index is 0.721. The highest BCUT2D eigenvalue weighted by molar-refractivity contribution is 5.45. The van der Waals surface area contributed by atoms with Gasteiger partial charge in [0.2, 0.25) is 0 Å². The molecule has 1 heterocycles. The van der Waals surface area contributed by atoms with E-state index in [4.69, 9.17) is 0 Å². The van der Waals surface area contributed by atoms with Crippen LogP contribution in [-0.4, -0.2) is 29.0 Å². The minimum Gasteiger partial charge on any atom is -0.378 e. The van der Waals surface area contributed by atoms with Crippen LogP contribution in [0.1, 0.15) is 11.4 Å². The number of hydrogen-bond donors (Lipinski definition) is 2. The number of hydrogen-bond acceptors (Lipinski definition) is 3. The van der Waals surface area contributed by atoms with Crippen LogP contribution in [0.2, 0.25) is 0 Å². The van der Waals surface area contributed by atoms with Crippen molar-refractivity contribution in [3.05, 3.63) is 48.0 Å². The van der Waals surface area contributed by atoms with Crippen LogP contribution in [0.3, 0.4) is 0 Å². The second kappa shape index (κ2) is 5.50. The maximum Gasteiger partial charge on any atom is 0.125 e. The fraction of sp³-hybridized carbons (Fsp3) is 0.308. The summed E-state index contributed by atoms with van der Waals surface area (Å²) >= 11 is 0. The van der Waals surface area contributed by atoms with Gasteiger partial charge in [-0.2, -0.15) is 0 Å². The van der Waals surface area contributed by atoms with Gasteiger partial charge >= 0.3 is 0 Å². The Morgan fingerprint density at radius 2 is 2.24 bits per heavy atom. The molecule has 0 aliphatic carbocycles. The number of nitrogens with one attached hydrogen (secondary N) is 2. The van der Waals surface area contributed by atoms with Crippen LogP contribution < -0.4 is 5.32 Å². The lowest BCUT2D eigenvalue weighted by Crippen LogP contribution is -2.10. The molecular weight excluding hydrogens is 212 g/mol. The molecule has 2 aromatic rings. The predicted molar refractivity (Wildman–Crippen MR) is 69.7 cm³/mol. The molecule has 2 N–H and O–H groups in total. The average molecular weight is 230 g/mol. The largest absolute Gasteiger partial charge is 0.378 e. The van der Waals surface area contributed by atoms with Crippen LogP contribution in [0.5, 0.6) is 0 Å². The Kier molecular flexibility index (Phi) is 3.77. The summed E-state index contributed by atoms with van der Waals surface area (Å²) in [5.41, 5.74) is 2.43. The van der Waals surface area contributed by atoms with Crippen molar-refractivity contribution in [2.75, 3.05) is 19.4 Å². The van der Waals surface area contributed by atoms with E-state index in [1.54, 1.807) is 6.20 Å². The van der Waals surface area contributed by atoms with Gasteiger partial charge in [-0.25, -0.2) is 4.98 Å². The fourth-order valence-electron chi connectivity index (χ4n) is 1.73. The number of anilines is 1. The number of H-pyrrole nitrogens is 1. The standard InChI is InChI=1S/C13H18N4/c1-17(2)10-11-4-3-5-12(8-11)16-9-13-14-6-7-15-13/h3-8,16H,9-10H2,1-2H3,(H,14,15). The maximum atomic E-state index is 4.18. The van der Waals surface area contributed by atoms with Crippen molar-refractivity contribution in [2.45, 2.75) is 13.1 Å². The molecule has 0 aliphatic heterocycles. The first kappa shape index (κ1) is 11.7. The molecule has 0 atom stereocenters. The molecule has 0 radical (unpaired) electrons. The first-order valence-electron chi connectivity index (χ1n) is 5.70. The number of nitrogens with zero attached hydrogens (tertiary/aromatic N) is 2. The van der Waals surface area contributed by atoms with Gasteiger partial charge < -0.3 is 15.2 Å². The molecule has 0 fully saturated rings. The second-order valence-electron chi connectivity index (χ2n) is 4.33. The van der Waals surface area contributed by atoms with Crippen LogP contribution in [0.25, 0.3) is 0 Å². The Bertz CT molecular complexity index is 448. The molecule has 0 unspecified atom stereocenters. The van der Waals surface area contributed by atoms with Crippen molar-refractivity contribution in [1.82, 2.24) is 14.9 Å². The van der Waals surface area contributed by atoms with Crippen molar-refractivity contribution < 1.29 is 0 Å². The van der Waals surface area contributed by atoms with Gasteiger partial charge in [-0.05, 0) is 31.8 Å². The van der Waals surface area contributed by atoms with E-state index in [1.807, 2.05) is 6.20 Å². The van der Waals surface area contributed by atoms with Gasteiger partial charge in [-0.3, -0.25) is 0 Å². The van der Waals surface area contributed by atoms with E-state index in [0.29, 0.717) is 0 Å². The molecule has 0 amide bonds. The van der Waals surface area contributed by atoms with Gasteiger partial charge in [-0.15, -0.1) is 0 Å². The average Bonchev–Trinajstić information content (AvgIpc) is 2.79. The Hall–Kier alpha value is -1.81. The summed E-state index contributed by atoms with van der Waals surface area (Å²) < 4.78 is 0. The first-order valence-corrected chi connectivity index (χ1v) is 5.70. The number of imidazole rings is 1. The molecule has 4 heteroatoms. The Morgan fingerprint density at radius 3 is 2.94 bits per heavy atom. The summed E-state index contributed by atoms with van der Waals surface area (Å²) in [6.45, 7) is 1.68. The van der Waals surface area contributed by atoms with Gasteiger partial charge in [0.25, 0.3) is 0 Å². The zero-order chi connectivity index (χ0) is 12.1. The van der Waals surface area contributed by atoms with E-state index in [9.17, 15) is 0 Å². The lowest BCUT2D eigenvalue weighted by atomic mass is 10.2. The monoisotopic (exact) mass is 230 g/mol. The smallest absolute Gasteiger partial charge is 0.125 e. The van der Waals surface area contributed by atoms with Crippen molar-refractivity contribution in [2.24, 2.45) is 0 Å². The van der Waals surface area contributed by atoms with Crippen molar-refractivity contribution in [3.8, 4) is 0 Å². The fourth-order valence-corrected chi connectivity index (χ4v) is 1.73. The van der Waals surface area contributed by atoms with E-state index in [1.165, 1.54) is 5.56 Å². The Morgan fingerprint density at radius 1 is 1.35 bits per heavy atom. The number of aromatic amines is 1. The topological polar surface area (TPSA) is 44.0 Å². The summed E-state index contributed by atoms with van der Waals surface area (Å²) in [5.74, 6) is 0.947. The van der Waals surface area contributed by atoms with Crippen molar-refractivity contribution >= 4 is 5.69 Å². The zero-order valence-corrected chi connectivity index (χ0v) is 10.3. The highest BCUT2D eigenvalue weighted by Gasteiger charge is 1.98. The van der Waals surface area contributed by atoms with Crippen LogP contribution in [0.15, 0.2) is 36.7 Å². The Labute approximate surface area is 102 Å². The summed E-state index contributed by atoms with van der Waals surface area (Å²) in [6, 6.07) is 8.45. The van der Waals surface area contributed by atoms with Crippen LogP contribution in [0.4, 0.5) is 5.69 Å². The predicted octanol–water partition coefficient (Wildman–Crippen LogP) is 2.08. The van der Waals surface area contributed by atoms with E-state index in [2.05, 4.69) is 58.5 Å². The van der Waals surface area contributed by atoms with Gasteiger partial charge in [0.05, 0.1) is 6.54 Å². The number of aromatic nitrogens is 2. The summed E-state index contributed by atoms with van der Waals surface area (Å²) in [5, 5.41) is 3.35. The van der Waals surface area contributed by atoms with E-state index in [-0.39, 0.29) is 0 Å². The van der Waals surface area contributed by atoms with Crippen LogP contribution in [0, 0.1) is 0 Å². The third-order valence-electron chi connectivity index (χ3n) is 2.44. The first-order chi connectivity index (χ1) is 8.24. The molecule has 0 spiro atoms. The number of benzene rings is 1. The van der Waals surface area contributed by atoms with E-state index in [0.717, 1.165) is 24.6 Å². The summed E-state index contributed by atoms with van der Waals surface area (Å²) in [4.78, 5) is 9.41. The SMILES string of the molecule is CN(C)Cc1cccc(NCc2ncc[nH]2)c1. The van der Waals surface area contributed by atoms with Gasteiger partial charge in [0, 0.05) is 24.6 Å². The van der Waals surface area contributed by atoms with Gasteiger partial charge in [0.15, 0.2) is 0 Å². The normalized spacial score (nSPS) is 10.8. The molecule has 17 heavy (non-hydrogen) atoms. The molecule has 1 aromatic heterocycles. The van der Waals surface area contributed by atoms with Crippen LogP contribution >= 0.6 is 0 Å². The third-order valence-corrected chi connectivity index (χ3v) is 2.44. The molecule has 0 bridgehead atoms. The van der Waals surface area contributed by atoms with E-state index < -0.39 is 0 Å². The third kappa shape index (κ3) is 3.60. The zero-order valence-electron chi connectivity index (χ0n) is 10.3. The summed E-state index contributed by atoms with van der Waals surface area (Å²) in [7, 11) is 4.14. The molecule has 2 rings (SSSR count). The summed E-state index contributed by atoms with van der Waals surface area (Å²) in [6.07, 6.45) is 3.60. The lowest BCUT2D eigenvalue weighted by Gasteiger charge is -2.11. The van der Waals surface area contributed by atoms with Crippen LogP contribution in [-0.2, 0) is 13.1 Å². The van der Waals surface area contributed by atoms with Crippen molar-refractivity contribution in [3.63, 3.8) is 0 Å². The molecule has 0 aliphatic rings. The van der Waals surface area contributed by atoms with Crippen molar-refractivity contribution in [1.29, 1.82) is 0 Å². The maximum absolute atomic E-state index is 4.18. The molecule has 4 nitrogen and oxygen atoms in total. The molecule has 0 saturated carbocycles. The quantitative estimate of drug-likeness (QED) is 0.826.